The first kappa shape index (κ1) is 20.0. The molecule has 0 spiro atoms. The van der Waals surface area contributed by atoms with Gasteiger partial charge >= 0.3 is 0 Å². The van der Waals surface area contributed by atoms with Crippen molar-refractivity contribution in [3.05, 3.63) is 53.7 Å². The van der Waals surface area contributed by atoms with Gasteiger partial charge in [0, 0.05) is 25.4 Å². The minimum atomic E-state index is 0.584. The van der Waals surface area contributed by atoms with Crippen molar-refractivity contribution in [3.8, 4) is 11.6 Å². The predicted octanol–water partition coefficient (Wildman–Crippen LogP) is 3.18. The third-order valence-corrected chi connectivity index (χ3v) is 4.59. The van der Waals surface area contributed by atoms with Crippen LogP contribution in [0.5, 0.6) is 11.6 Å². The van der Waals surface area contributed by atoms with Crippen molar-refractivity contribution in [2.45, 2.75) is 32.7 Å². The quantitative estimate of drug-likeness (QED) is 0.488. The second-order valence-corrected chi connectivity index (χ2v) is 6.98. The average molecular weight is 383 g/mol. The number of hydrogen-bond donors (Lipinski definition) is 2. The van der Waals surface area contributed by atoms with Crippen LogP contribution in [0, 0.1) is 5.92 Å². The van der Waals surface area contributed by atoms with Crippen LogP contribution in [0.4, 0.5) is 0 Å². The molecule has 1 fully saturated rings. The predicted molar refractivity (Wildman–Crippen MR) is 112 cm³/mol. The van der Waals surface area contributed by atoms with Crippen LogP contribution in [-0.2, 0) is 13.0 Å². The van der Waals surface area contributed by atoms with Crippen LogP contribution < -0.4 is 20.1 Å². The summed E-state index contributed by atoms with van der Waals surface area (Å²) in [5.41, 5.74) is 2.35. The SMILES string of the molecule is CCNC(=NCc1ccnc(OCC2CC2)c1)NCCc1ccc(OC)cc1. The fourth-order valence-electron chi connectivity index (χ4n) is 2.75. The Morgan fingerprint density at radius 2 is 1.96 bits per heavy atom. The van der Waals surface area contributed by atoms with E-state index in [2.05, 4.69) is 39.7 Å². The summed E-state index contributed by atoms with van der Waals surface area (Å²) in [7, 11) is 1.68. The minimum Gasteiger partial charge on any atom is -0.497 e. The molecule has 1 aliphatic rings. The molecule has 0 atom stereocenters. The Labute approximate surface area is 167 Å². The number of guanidine groups is 1. The summed E-state index contributed by atoms with van der Waals surface area (Å²) in [4.78, 5) is 8.97. The highest BCUT2D eigenvalue weighted by Gasteiger charge is 2.22. The van der Waals surface area contributed by atoms with Crippen molar-refractivity contribution >= 4 is 5.96 Å². The summed E-state index contributed by atoms with van der Waals surface area (Å²) < 4.78 is 11.0. The number of ether oxygens (including phenoxy) is 2. The highest BCUT2D eigenvalue weighted by atomic mass is 16.5. The molecule has 6 heteroatoms. The smallest absolute Gasteiger partial charge is 0.213 e. The highest BCUT2D eigenvalue weighted by molar-refractivity contribution is 5.79. The molecule has 0 radical (unpaired) electrons. The molecular weight excluding hydrogens is 352 g/mol. The number of nitrogens with zero attached hydrogens (tertiary/aromatic N) is 2. The third-order valence-electron chi connectivity index (χ3n) is 4.59. The van der Waals surface area contributed by atoms with E-state index >= 15 is 0 Å². The van der Waals surface area contributed by atoms with Crippen molar-refractivity contribution in [2.75, 3.05) is 26.8 Å². The fourth-order valence-corrected chi connectivity index (χ4v) is 2.75. The van der Waals surface area contributed by atoms with Gasteiger partial charge in [0.2, 0.25) is 5.88 Å². The molecule has 1 aromatic heterocycles. The van der Waals surface area contributed by atoms with Gasteiger partial charge in [-0.05, 0) is 61.4 Å². The number of nitrogens with one attached hydrogen (secondary N) is 2. The van der Waals surface area contributed by atoms with E-state index in [0.717, 1.165) is 49.3 Å². The maximum Gasteiger partial charge on any atom is 0.213 e. The molecule has 2 aromatic rings. The highest BCUT2D eigenvalue weighted by Crippen LogP contribution is 2.29. The van der Waals surface area contributed by atoms with Gasteiger partial charge in [-0.3, -0.25) is 0 Å². The molecular formula is C22H30N4O2. The first-order valence-corrected chi connectivity index (χ1v) is 9.99. The summed E-state index contributed by atoms with van der Waals surface area (Å²) in [6, 6.07) is 12.1. The van der Waals surface area contributed by atoms with Crippen molar-refractivity contribution in [2.24, 2.45) is 10.9 Å². The molecule has 0 unspecified atom stereocenters. The largest absolute Gasteiger partial charge is 0.497 e. The Hall–Kier alpha value is -2.76. The maximum absolute atomic E-state index is 5.76. The van der Waals surface area contributed by atoms with Gasteiger partial charge in [0.15, 0.2) is 5.96 Å². The van der Waals surface area contributed by atoms with Gasteiger partial charge in [0.1, 0.15) is 5.75 Å². The van der Waals surface area contributed by atoms with Gasteiger partial charge in [-0.1, -0.05) is 12.1 Å². The second-order valence-electron chi connectivity index (χ2n) is 6.98. The van der Waals surface area contributed by atoms with Crippen molar-refractivity contribution in [1.82, 2.24) is 15.6 Å². The first-order valence-electron chi connectivity index (χ1n) is 9.99. The molecule has 0 aliphatic heterocycles. The van der Waals surface area contributed by atoms with Gasteiger partial charge in [-0.15, -0.1) is 0 Å². The van der Waals surface area contributed by atoms with Gasteiger partial charge in [-0.2, -0.15) is 0 Å². The summed E-state index contributed by atoms with van der Waals surface area (Å²) in [6.45, 7) is 5.05. The molecule has 1 aliphatic carbocycles. The van der Waals surface area contributed by atoms with Crippen molar-refractivity contribution < 1.29 is 9.47 Å². The Morgan fingerprint density at radius 3 is 2.68 bits per heavy atom. The van der Waals surface area contributed by atoms with Gasteiger partial charge in [-0.25, -0.2) is 9.98 Å². The lowest BCUT2D eigenvalue weighted by Crippen LogP contribution is -2.38. The monoisotopic (exact) mass is 382 g/mol. The second kappa shape index (κ2) is 10.5. The van der Waals surface area contributed by atoms with E-state index in [9.17, 15) is 0 Å². The van der Waals surface area contributed by atoms with Crippen LogP contribution in [0.1, 0.15) is 30.9 Å². The van der Waals surface area contributed by atoms with Crippen LogP contribution in [0.15, 0.2) is 47.6 Å². The van der Waals surface area contributed by atoms with Gasteiger partial charge in [0.25, 0.3) is 0 Å². The molecule has 0 bridgehead atoms. The van der Waals surface area contributed by atoms with Crippen LogP contribution >= 0.6 is 0 Å². The Balaban J connectivity index is 1.49. The lowest BCUT2D eigenvalue weighted by molar-refractivity contribution is 0.288. The molecule has 1 saturated carbocycles. The molecule has 28 heavy (non-hydrogen) atoms. The van der Waals surface area contributed by atoms with E-state index in [4.69, 9.17) is 9.47 Å². The summed E-state index contributed by atoms with van der Waals surface area (Å²) >= 11 is 0. The average Bonchev–Trinajstić information content (AvgIpc) is 3.56. The molecule has 150 valence electrons. The van der Waals surface area contributed by atoms with E-state index < -0.39 is 0 Å². The Kier molecular flexibility index (Phi) is 7.53. The normalized spacial score (nSPS) is 13.9. The first-order chi connectivity index (χ1) is 13.8. The maximum atomic E-state index is 5.76. The molecule has 2 N–H and O–H groups in total. The number of rotatable bonds is 10. The summed E-state index contributed by atoms with van der Waals surface area (Å²) in [5.74, 6) is 3.11. The van der Waals surface area contributed by atoms with Crippen LogP contribution in [0.2, 0.25) is 0 Å². The van der Waals surface area contributed by atoms with E-state index in [0.29, 0.717) is 12.4 Å². The lowest BCUT2D eigenvalue weighted by Gasteiger charge is -2.12. The molecule has 3 rings (SSSR count). The standard InChI is InChI=1S/C22H30N4O2/c1-3-23-22(25-13-10-17-6-8-20(27-2)9-7-17)26-15-19-11-12-24-21(14-19)28-16-18-4-5-18/h6-9,11-12,14,18H,3-5,10,13,15-16H2,1-2H3,(H2,23,25,26). The zero-order chi connectivity index (χ0) is 19.6. The summed E-state index contributed by atoms with van der Waals surface area (Å²) in [6.07, 6.45) is 5.26. The molecule has 1 aromatic carbocycles. The molecule has 1 heterocycles. The number of aromatic nitrogens is 1. The van der Waals surface area contributed by atoms with E-state index in [1.807, 2.05) is 24.3 Å². The van der Waals surface area contributed by atoms with Gasteiger partial charge < -0.3 is 20.1 Å². The van der Waals surface area contributed by atoms with Crippen LogP contribution in [0.25, 0.3) is 0 Å². The zero-order valence-electron chi connectivity index (χ0n) is 16.8. The van der Waals surface area contributed by atoms with Gasteiger partial charge in [0.05, 0.1) is 20.3 Å². The number of aliphatic imine (C=N–C) groups is 1. The summed E-state index contributed by atoms with van der Waals surface area (Å²) in [5, 5.41) is 6.68. The lowest BCUT2D eigenvalue weighted by atomic mass is 10.1. The van der Waals surface area contributed by atoms with E-state index in [1.54, 1.807) is 13.3 Å². The molecule has 0 amide bonds. The number of methoxy groups -OCH3 is 1. The van der Waals surface area contributed by atoms with Crippen molar-refractivity contribution in [1.29, 1.82) is 0 Å². The molecule has 6 nitrogen and oxygen atoms in total. The topological polar surface area (TPSA) is 67.8 Å². The Morgan fingerprint density at radius 1 is 1.14 bits per heavy atom. The fraction of sp³-hybridized carbons (Fsp3) is 0.455. The van der Waals surface area contributed by atoms with Crippen LogP contribution in [0.3, 0.4) is 0 Å². The van der Waals surface area contributed by atoms with E-state index in [-0.39, 0.29) is 0 Å². The van der Waals surface area contributed by atoms with E-state index in [1.165, 1.54) is 18.4 Å². The zero-order valence-corrected chi connectivity index (χ0v) is 16.8. The third kappa shape index (κ3) is 6.76. The number of hydrogen-bond acceptors (Lipinski definition) is 4. The Bertz CT molecular complexity index is 757. The molecule has 0 saturated heterocycles. The number of pyridine rings is 1. The van der Waals surface area contributed by atoms with Crippen molar-refractivity contribution in [3.63, 3.8) is 0 Å². The minimum absolute atomic E-state index is 0.584. The van der Waals surface area contributed by atoms with Crippen LogP contribution in [-0.4, -0.2) is 37.7 Å². The number of benzene rings is 1.